The van der Waals surface area contributed by atoms with Gasteiger partial charge in [-0.3, -0.25) is 13.1 Å². The summed E-state index contributed by atoms with van der Waals surface area (Å²) < 4.78 is 35.4. The molecule has 6 nitrogen and oxygen atoms in total. The van der Waals surface area contributed by atoms with E-state index in [-0.39, 0.29) is 10.6 Å². The van der Waals surface area contributed by atoms with Crippen molar-refractivity contribution < 1.29 is 23.1 Å². The van der Waals surface area contributed by atoms with Gasteiger partial charge in [0.25, 0.3) is 0 Å². The van der Waals surface area contributed by atoms with Crippen LogP contribution in [0.4, 0.5) is 5.00 Å². The highest BCUT2D eigenvalue weighted by Crippen LogP contribution is 2.55. The summed E-state index contributed by atoms with van der Waals surface area (Å²) in [7, 11) is -4.71. The molecule has 0 aliphatic heterocycles. The van der Waals surface area contributed by atoms with Crippen LogP contribution in [0.2, 0.25) is 0 Å². The zero-order valence-corrected chi connectivity index (χ0v) is 12.6. The monoisotopic (exact) mass is 332 g/mol. The Balaban J connectivity index is 2.56. The fraction of sp³-hybridized carbons (Fsp3) is 0.0909. The van der Waals surface area contributed by atoms with E-state index in [1.807, 2.05) is 0 Å². The van der Waals surface area contributed by atoms with Gasteiger partial charge >= 0.3 is 7.60 Å². The first-order valence-corrected chi connectivity index (χ1v) is 9.03. The molecule has 0 radical (unpaired) electrons. The van der Waals surface area contributed by atoms with Crippen LogP contribution in [0.15, 0.2) is 47.8 Å². The Morgan fingerprint density at radius 2 is 1.85 bits per heavy atom. The van der Waals surface area contributed by atoms with Crippen LogP contribution in [0.25, 0.3) is 0 Å². The van der Waals surface area contributed by atoms with Gasteiger partial charge in [0, 0.05) is 11.3 Å². The van der Waals surface area contributed by atoms with Crippen LogP contribution in [0.5, 0.6) is 0 Å². The maximum absolute atomic E-state index is 11.8. The van der Waals surface area contributed by atoms with Crippen molar-refractivity contribution in [2.75, 3.05) is 4.31 Å². The Hall–Kier alpha value is -1.02. The van der Waals surface area contributed by atoms with Crippen LogP contribution in [0.3, 0.4) is 0 Å². The van der Waals surface area contributed by atoms with Crippen LogP contribution in [-0.2, 0) is 15.8 Å². The molecule has 0 amide bonds. The van der Waals surface area contributed by atoms with Crippen molar-refractivity contribution in [3.05, 3.63) is 53.4 Å². The molecule has 9 heteroatoms. The van der Waals surface area contributed by atoms with Crippen molar-refractivity contribution in [1.82, 2.24) is 0 Å². The highest BCUT2D eigenvalue weighted by Gasteiger charge is 2.37. The first-order chi connectivity index (χ1) is 9.41. The number of benzene rings is 1. The van der Waals surface area contributed by atoms with Gasteiger partial charge in [-0.25, -0.2) is 0 Å². The lowest BCUT2D eigenvalue weighted by Gasteiger charge is -2.33. The molecular formula is C11H11NO5PS2-. The highest BCUT2D eigenvalue weighted by atomic mass is 32.2. The highest BCUT2D eigenvalue weighted by molar-refractivity contribution is 7.81. The van der Waals surface area contributed by atoms with Gasteiger partial charge < -0.3 is 14.3 Å². The van der Waals surface area contributed by atoms with Crippen molar-refractivity contribution >= 4 is 35.2 Å². The SMILES string of the molecule is O=S([O-])N(c1cccs1)C(c1ccccc1)P(=O)(O)O. The summed E-state index contributed by atoms with van der Waals surface area (Å²) in [4.78, 5) is 19.1. The predicted octanol–water partition coefficient (Wildman–Crippen LogP) is 2.23. The molecule has 1 aromatic carbocycles. The van der Waals surface area contributed by atoms with E-state index in [9.17, 15) is 23.1 Å². The molecule has 0 aliphatic rings. The number of hydrogen-bond donors (Lipinski definition) is 2. The molecular weight excluding hydrogens is 321 g/mol. The van der Waals surface area contributed by atoms with E-state index in [0.717, 1.165) is 11.3 Å². The lowest BCUT2D eigenvalue weighted by Crippen LogP contribution is -2.29. The lowest BCUT2D eigenvalue weighted by atomic mass is 10.2. The van der Waals surface area contributed by atoms with E-state index in [1.54, 1.807) is 29.6 Å². The van der Waals surface area contributed by atoms with E-state index in [4.69, 9.17) is 0 Å². The molecule has 0 bridgehead atoms. The summed E-state index contributed by atoms with van der Waals surface area (Å²) in [5.41, 5.74) is 0.235. The zero-order valence-electron chi connectivity index (χ0n) is 10.0. The Morgan fingerprint density at radius 3 is 2.30 bits per heavy atom. The molecule has 108 valence electrons. The second kappa shape index (κ2) is 6.17. The van der Waals surface area contributed by atoms with Crippen LogP contribution in [0.1, 0.15) is 11.3 Å². The van der Waals surface area contributed by atoms with Gasteiger partial charge in [0.2, 0.25) is 0 Å². The second-order valence-electron chi connectivity index (χ2n) is 3.87. The minimum absolute atomic E-state index is 0.235. The second-order valence-corrected chi connectivity index (χ2v) is 7.29. The number of hydrogen-bond acceptors (Lipinski definition) is 4. The first-order valence-electron chi connectivity index (χ1n) is 5.43. The Kier molecular flexibility index (Phi) is 4.74. The molecule has 0 spiro atoms. The minimum atomic E-state index is -4.71. The quantitative estimate of drug-likeness (QED) is 0.646. The molecule has 1 aromatic heterocycles. The van der Waals surface area contributed by atoms with Crippen molar-refractivity contribution in [1.29, 1.82) is 0 Å². The van der Waals surface area contributed by atoms with Gasteiger partial charge in [0.1, 0.15) is 5.00 Å². The number of thiophene rings is 1. The summed E-state index contributed by atoms with van der Waals surface area (Å²) in [5, 5.41) is 1.88. The van der Waals surface area contributed by atoms with Crippen molar-refractivity contribution in [2.24, 2.45) is 0 Å². The largest absolute Gasteiger partial charge is 0.755 e. The molecule has 2 N–H and O–H groups in total. The summed E-state index contributed by atoms with van der Waals surface area (Å²) in [5.74, 6) is -1.57. The van der Waals surface area contributed by atoms with Crippen LogP contribution in [-0.4, -0.2) is 18.5 Å². The predicted molar refractivity (Wildman–Crippen MR) is 76.9 cm³/mol. The van der Waals surface area contributed by atoms with Gasteiger partial charge in [0.15, 0.2) is 5.78 Å². The molecule has 2 rings (SSSR count). The van der Waals surface area contributed by atoms with Gasteiger partial charge in [-0.2, -0.15) is 0 Å². The molecule has 1 heterocycles. The lowest BCUT2D eigenvalue weighted by molar-refractivity contribution is 0.359. The summed E-state index contributed by atoms with van der Waals surface area (Å²) in [6.45, 7) is 0. The molecule has 0 fully saturated rings. The molecule has 2 aromatic rings. The number of nitrogens with zero attached hydrogens (tertiary/aromatic N) is 1. The van der Waals surface area contributed by atoms with Gasteiger partial charge in [-0.15, -0.1) is 11.3 Å². The molecule has 0 saturated heterocycles. The summed E-state index contributed by atoms with van der Waals surface area (Å²) in [6.07, 6.45) is 0. The smallest absolute Gasteiger partial charge is 0.353 e. The Labute approximate surface area is 122 Å². The summed E-state index contributed by atoms with van der Waals surface area (Å²) >= 11 is -1.72. The summed E-state index contributed by atoms with van der Waals surface area (Å²) in [6, 6.07) is 10.9. The van der Waals surface area contributed by atoms with Crippen LogP contribution < -0.4 is 4.31 Å². The topological polar surface area (TPSA) is 101 Å². The molecule has 2 atom stereocenters. The third kappa shape index (κ3) is 3.35. The number of rotatable bonds is 5. The molecule has 2 unspecified atom stereocenters. The molecule has 0 aliphatic carbocycles. The van der Waals surface area contributed by atoms with Crippen LogP contribution in [0, 0.1) is 0 Å². The van der Waals surface area contributed by atoms with Crippen molar-refractivity contribution in [3.63, 3.8) is 0 Å². The van der Waals surface area contributed by atoms with E-state index >= 15 is 0 Å². The Bertz CT molecular complexity index is 628. The Morgan fingerprint density at radius 1 is 1.20 bits per heavy atom. The molecule has 0 saturated carbocycles. The van der Waals surface area contributed by atoms with Gasteiger partial charge in [-0.05, 0) is 23.1 Å². The van der Waals surface area contributed by atoms with E-state index in [2.05, 4.69) is 0 Å². The van der Waals surface area contributed by atoms with Crippen LogP contribution >= 0.6 is 18.9 Å². The maximum Gasteiger partial charge on any atom is 0.353 e. The third-order valence-corrected chi connectivity index (χ3v) is 5.56. The fourth-order valence-electron chi connectivity index (χ4n) is 1.76. The van der Waals surface area contributed by atoms with Gasteiger partial charge in [0.05, 0.1) is 0 Å². The van der Waals surface area contributed by atoms with Crippen molar-refractivity contribution in [2.45, 2.75) is 5.78 Å². The zero-order chi connectivity index (χ0) is 14.8. The molecule has 20 heavy (non-hydrogen) atoms. The third-order valence-electron chi connectivity index (χ3n) is 2.52. The standard InChI is InChI=1S/C11H12NO5PS2/c13-18(14,15)11(9-5-2-1-3-6-9)12(20(16)17)10-7-4-8-19-10/h1-8,11H,(H,16,17)(H2,13,14,15)/p-1. The van der Waals surface area contributed by atoms with Crippen molar-refractivity contribution in [3.8, 4) is 0 Å². The minimum Gasteiger partial charge on any atom is -0.755 e. The van der Waals surface area contributed by atoms with Gasteiger partial charge in [-0.1, -0.05) is 30.3 Å². The normalized spacial score (nSPS) is 14.8. The van der Waals surface area contributed by atoms with E-state index in [0.29, 0.717) is 4.31 Å². The first kappa shape index (κ1) is 15.4. The maximum atomic E-state index is 11.8. The average Bonchev–Trinajstić information content (AvgIpc) is 2.88. The fourth-order valence-corrected chi connectivity index (χ4v) is 4.87. The van der Waals surface area contributed by atoms with E-state index in [1.165, 1.54) is 18.2 Å². The van der Waals surface area contributed by atoms with E-state index < -0.39 is 24.6 Å². The number of anilines is 1. The average molecular weight is 332 g/mol.